The fourth-order valence-corrected chi connectivity index (χ4v) is 2.54. The molecule has 6 heteroatoms. The number of aldehydes is 1. The Bertz CT molecular complexity index is 713. The van der Waals surface area contributed by atoms with Crippen molar-refractivity contribution in [2.45, 2.75) is 5.75 Å². The largest absolute Gasteiger partial charge is 0.493 e. The maximum Gasteiger partial charge on any atom is 0.343 e. The fourth-order valence-electron chi connectivity index (χ4n) is 2.02. The van der Waals surface area contributed by atoms with E-state index in [1.54, 1.807) is 6.07 Å². The minimum absolute atomic E-state index is 0.225. The standard InChI is InChI=1S/C17H15FO4S/c1-21-15-8-11(9-19)7-13(10-23-2)16(15)22-17(20)12-3-5-14(18)6-4-12/h3-9H,10H2,1-2H3. The summed E-state index contributed by atoms with van der Waals surface area (Å²) in [4.78, 5) is 23.2. The zero-order valence-electron chi connectivity index (χ0n) is 12.7. The number of esters is 1. The maximum atomic E-state index is 12.9. The van der Waals surface area contributed by atoms with Gasteiger partial charge in [0.15, 0.2) is 11.5 Å². The molecule has 2 rings (SSSR count). The van der Waals surface area contributed by atoms with Crippen LogP contribution in [0, 0.1) is 5.82 Å². The van der Waals surface area contributed by atoms with E-state index in [0.29, 0.717) is 28.9 Å². The monoisotopic (exact) mass is 334 g/mol. The van der Waals surface area contributed by atoms with Gasteiger partial charge < -0.3 is 9.47 Å². The highest BCUT2D eigenvalue weighted by Gasteiger charge is 2.18. The lowest BCUT2D eigenvalue weighted by Crippen LogP contribution is -2.11. The van der Waals surface area contributed by atoms with E-state index in [0.717, 1.165) is 0 Å². The second-order valence-electron chi connectivity index (χ2n) is 4.66. The van der Waals surface area contributed by atoms with Gasteiger partial charge in [-0.1, -0.05) is 0 Å². The summed E-state index contributed by atoms with van der Waals surface area (Å²) < 4.78 is 23.6. The van der Waals surface area contributed by atoms with Crippen LogP contribution in [0.25, 0.3) is 0 Å². The highest BCUT2D eigenvalue weighted by molar-refractivity contribution is 7.97. The van der Waals surface area contributed by atoms with Crippen molar-refractivity contribution >= 4 is 24.0 Å². The second-order valence-corrected chi connectivity index (χ2v) is 5.52. The highest BCUT2D eigenvalue weighted by Crippen LogP contribution is 2.35. The van der Waals surface area contributed by atoms with Gasteiger partial charge in [-0.2, -0.15) is 11.8 Å². The predicted molar refractivity (Wildman–Crippen MR) is 87.0 cm³/mol. The number of halogens is 1. The fraction of sp³-hybridized carbons (Fsp3) is 0.176. The average molecular weight is 334 g/mol. The van der Waals surface area contributed by atoms with Gasteiger partial charge in [0.25, 0.3) is 0 Å². The van der Waals surface area contributed by atoms with Gasteiger partial charge in [-0.3, -0.25) is 4.79 Å². The van der Waals surface area contributed by atoms with Crippen LogP contribution in [-0.4, -0.2) is 25.6 Å². The van der Waals surface area contributed by atoms with Crippen LogP contribution in [0.2, 0.25) is 0 Å². The molecule has 120 valence electrons. The first kappa shape index (κ1) is 17.0. The Morgan fingerprint density at radius 1 is 1.26 bits per heavy atom. The zero-order valence-corrected chi connectivity index (χ0v) is 13.5. The van der Waals surface area contributed by atoms with Crippen LogP contribution in [0.15, 0.2) is 36.4 Å². The molecule has 23 heavy (non-hydrogen) atoms. The Morgan fingerprint density at radius 2 is 1.96 bits per heavy atom. The van der Waals surface area contributed by atoms with Crippen LogP contribution in [0.5, 0.6) is 11.5 Å². The average Bonchev–Trinajstić information content (AvgIpc) is 2.56. The molecule has 0 atom stereocenters. The van der Waals surface area contributed by atoms with Gasteiger partial charge in [0.1, 0.15) is 12.1 Å². The molecule has 0 unspecified atom stereocenters. The number of hydrogen-bond acceptors (Lipinski definition) is 5. The SMILES string of the molecule is COc1cc(C=O)cc(CSC)c1OC(=O)c1ccc(F)cc1. The van der Waals surface area contributed by atoms with Crippen molar-refractivity contribution in [2.75, 3.05) is 13.4 Å². The Balaban J connectivity index is 2.38. The van der Waals surface area contributed by atoms with Crippen LogP contribution in [0.4, 0.5) is 4.39 Å². The van der Waals surface area contributed by atoms with Gasteiger partial charge in [-0.15, -0.1) is 0 Å². The molecule has 0 fully saturated rings. The molecule has 0 heterocycles. The first-order chi connectivity index (χ1) is 11.1. The van der Waals surface area contributed by atoms with Gasteiger partial charge >= 0.3 is 5.97 Å². The summed E-state index contributed by atoms with van der Waals surface area (Å²) in [6.07, 6.45) is 2.60. The molecule has 0 aromatic heterocycles. The van der Waals surface area contributed by atoms with E-state index in [-0.39, 0.29) is 11.3 Å². The molecule has 0 aliphatic heterocycles. The number of ether oxygens (including phenoxy) is 2. The quantitative estimate of drug-likeness (QED) is 0.458. The second kappa shape index (κ2) is 7.78. The van der Waals surface area contributed by atoms with Crippen molar-refractivity contribution in [2.24, 2.45) is 0 Å². The third kappa shape index (κ3) is 4.10. The van der Waals surface area contributed by atoms with Crippen LogP contribution in [0.3, 0.4) is 0 Å². The van der Waals surface area contributed by atoms with Gasteiger partial charge in [-0.05, 0) is 42.7 Å². The van der Waals surface area contributed by atoms with E-state index in [9.17, 15) is 14.0 Å². The van der Waals surface area contributed by atoms with Crippen LogP contribution in [0.1, 0.15) is 26.3 Å². The number of rotatable bonds is 6. The lowest BCUT2D eigenvalue weighted by molar-refractivity contribution is 0.0728. The number of methoxy groups -OCH3 is 1. The normalized spacial score (nSPS) is 10.2. The topological polar surface area (TPSA) is 52.6 Å². The third-order valence-corrected chi connectivity index (χ3v) is 3.68. The summed E-state index contributed by atoms with van der Waals surface area (Å²) in [5.74, 6) is 0.0577. The smallest absolute Gasteiger partial charge is 0.343 e. The Kier molecular flexibility index (Phi) is 5.76. The first-order valence-electron chi connectivity index (χ1n) is 6.71. The van der Waals surface area contributed by atoms with Gasteiger partial charge in [-0.25, -0.2) is 9.18 Å². The van der Waals surface area contributed by atoms with Crippen molar-refractivity contribution in [3.8, 4) is 11.5 Å². The lowest BCUT2D eigenvalue weighted by atomic mass is 10.1. The lowest BCUT2D eigenvalue weighted by Gasteiger charge is -2.14. The molecule has 2 aromatic rings. The maximum absolute atomic E-state index is 12.9. The number of hydrogen-bond donors (Lipinski definition) is 0. The van der Waals surface area contributed by atoms with Gasteiger partial charge in [0.2, 0.25) is 0 Å². The van der Waals surface area contributed by atoms with Crippen molar-refractivity contribution in [3.05, 3.63) is 58.9 Å². The molecule has 0 N–H and O–H groups in total. The molecule has 4 nitrogen and oxygen atoms in total. The molecule has 0 saturated carbocycles. The minimum atomic E-state index is -0.621. The molecular weight excluding hydrogens is 319 g/mol. The third-order valence-electron chi connectivity index (χ3n) is 3.08. The van der Waals surface area contributed by atoms with Crippen LogP contribution >= 0.6 is 11.8 Å². The van der Waals surface area contributed by atoms with E-state index < -0.39 is 11.8 Å². The van der Waals surface area contributed by atoms with E-state index in [2.05, 4.69) is 0 Å². The van der Waals surface area contributed by atoms with Crippen molar-refractivity contribution < 1.29 is 23.5 Å². The van der Waals surface area contributed by atoms with Crippen molar-refractivity contribution in [3.63, 3.8) is 0 Å². The first-order valence-corrected chi connectivity index (χ1v) is 8.11. The summed E-state index contributed by atoms with van der Waals surface area (Å²) in [5.41, 5.74) is 1.34. The molecule has 0 aliphatic rings. The molecule has 2 aromatic carbocycles. The zero-order chi connectivity index (χ0) is 16.8. The molecule has 0 bridgehead atoms. The number of carbonyl (C=O) groups excluding carboxylic acids is 2. The van der Waals surface area contributed by atoms with E-state index in [1.165, 1.54) is 49.2 Å². The Morgan fingerprint density at radius 3 is 2.52 bits per heavy atom. The van der Waals surface area contributed by atoms with Crippen molar-refractivity contribution in [1.82, 2.24) is 0 Å². The predicted octanol–water partition coefficient (Wildman–Crippen LogP) is 3.73. The molecule has 0 amide bonds. The Labute approximate surface area is 137 Å². The number of carbonyl (C=O) groups is 2. The molecule has 0 radical (unpaired) electrons. The molecule has 0 saturated heterocycles. The summed E-state index contributed by atoms with van der Waals surface area (Å²) in [7, 11) is 1.43. The van der Waals surface area contributed by atoms with Crippen LogP contribution in [-0.2, 0) is 5.75 Å². The summed E-state index contributed by atoms with van der Waals surface area (Å²) >= 11 is 1.52. The van der Waals surface area contributed by atoms with Gasteiger partial charge in [0.05, 0.1) is 12.7 Å². The van der Waals surface area contributed by atoms with E-state index >= 15 is 0 Å². The van der Waals surface area contributed by atoms with Crippen molar-refractivity contribution in [1.29, 1.82) is 0 Å². The molecule has 0 spiro atoms. The molecular formula is C17H15FO4S. The number of thioether (sulfide) groups is 1. The van der Waals surface area contributed by atoms with E-state index in [1.807, 2.05) is 6.26 Å². The summed E-state index contributed by atoms with van der Waals surface area (Å²) in [6, 6.07) is 8.22. The minimum Gasteiger partial charge on any atom is -0.493 e. The molecule has 0 aliphatic carbocycles. The summed E-state index contributed by atoms with van der Waals surface area (Å²) in [5, 5.41) is 0. The Hall–Kier alpha value is -2.34. The van der Waals surface area contributed by atoms with Crippen LogP contribution < -0.4 is 9.47 Å². The number of benzene rings is 2. The summed E-state index contributed by atoms with van der Waals surface area (Å²) in [6.45, 7) is 0. The highest BCUT2D eigenvalue weighted by atomic mass is 32.2. The van der Waals surface area contributed by atoms with Gasteiger partial charge in [0, 0.05) is 16.9 Å². The van der Waals surface area contributed by atoms with E-state index in [4.69, 9.17) is 9.47 Å².